The van der Waals surface area contributed by atoms with Gasteiger partial charge in [0.25, 0.3) is 0 Å². The molecule has 0 aromatic carbocycles. The highest BCUT2D eigenvalue weighted by Crippen LogP contribution is 2.50. The summed E-state index contributed by atoms with van der Waals surface area (Å²) in [6.07, 6.45) is 3.08. The van der Waals surface area contributed by atoms with Gasteiger partial charge < -0.3 is 15.8 Å². The topological polar surface area (TPSA) is 93.0 Å². The van der Waals surface area contributed by atoms with Gasteiger partial charge in [-0.2, -0.15) is 5.10 Å². The van der Waals surface area contributed by atoms with Crippen molar-refractivity contribution < 1.29 is 9.53 Å². The van der Waals surface area contributed by atoms with Crippen molar-refractivity contribution >= 4 is 11.7 Å². The Morgan fingerprint density at radius 1 is 1.60 bits per heavy atom. The summed E-state index contributed by atoms with van der Waals surface area (Å²) < 4.78 is 5.64. The van der Waals surface area contributed by atoms with Gasteiger partial charge in [0.1, 0.15) is 11.4 Å². The molecule has 2 atom stereocenters. The van der Waals surface area contributed by atoms with E-state index in [0.717, 1.165) is 12.0 Å². The van der Waals surface area contributed by atoms with Crippen molar-refractivity contribution in [2.75, 3.05) is 11.9 Å². The third-order valence-electron chi connectivity index (χ3n) is 4.57. The number of hydrogen-bond acceptors (Lipinski definition) is 4. The average molecular weight is 280 g/mol. The molecule has 1 heterocycles. The molecule has 1 aliphatic carbocycles. The molecule has 112 valence electrons. The SMILES string of the molecule is CCOC1CC(N)(C(=O)Nc2[nH]ncc2CC)C1(C)C. The maximum Gasteiger partial charge on any atom is 0.246 e. The largest absolute Gasteiger partial charge is 0.378 e. The first kappa shape index (κ1) is 15.0. The second-order valence-corrected chi connectivity index (χ2v) is 5.92. The Balaban J connectivity index is 2.10. The molecule has 0 aliphatic heterocycles. The summed E-state index contributed by atoms with van der Waals surface area (Å²) in [6.45, 7) is 8.54. The van der Waals surface area contributed by atoms with Crippen molar-refractivity contribution in [3.05, 3.63) is 11.8 Å². The summed E-state index contributed by atoms with van der Waals surface area (Å²) in [4.78, 5) is 12.5. The Kier molecular flexibility index (Phi) is 3.88. The monoisotopic (exact) mass is 280 g/mol. The van der Waals surface area contributed by atoms with Crippen LogP contribution in [0.2, 0.25) is 0 Å². The number of hydrogen-bond donors (Lipinski definition) is 3. The minimum Gasteiger partial charge on any atom is -0.378 e. The normalized spacial score (nSPS) is 27.9. The Hall–Kier alpha value is -1.40. The molecule has 2 unspecified atom stereocenters. The van der Waals surface area contributed by atoms with Gasteiger partial charge in [0.15, 0.2) is 0 Å². The molecule has 2 rings (SSSR count). The second kappa shape index (κ2) is 5.18. The third-order valence-corrected chi connectivity index (χ3v) is 4.57. The predicted molar refractivity (Wildman–Crippen MR) is 77.3 cm³/mol. The average Bonchev–Trinajstić information content (AvgIpc) is 2.85. The molecular weight excluding hydrogens is 256 g/mol. The van der Waals surface area contributed by atoms with Crippen LogP contribution in [0.25, 0.3) is 0 Å². The van der Waals surface area contributed by atoms with Crippen LogP contribution in [-0.2, 0) is 16.0 Å². The van der Waals surface area contributed by atoms with Crippen molar-refractivity contribution in [2.45, 2.75) is 52.2 Å². The molecule has 1 aromatic heterocycles. The second-order valence-electron chi connectivity index (χ2n) is 5.92. The maximum atomic E-state index is 12.5. The third kappa shape index (κ3) is 2.13. The number of ether oxygens (including phenoxy) is 1. The van der Waals surface area contributed by atoms with Gasteiger partial charge >= 0.3 is 0 Å². The fraction of sp³-hybridized carbons (Fsp3) is 0.714. The molecule has 0 saturated heterocycles. The van der Waals surface area contributed by atoms with E-state index in [1.54, 1.807) is 6.20 Å². The van der Waals surface area contributed by atoms with Crippen LogP contribution in [0.15, 0.2) is 6.20 Å². The zero-order valence-electron chi connectivity index (χ0n) is 12.6. The van der Waals surface area contributed by atoms with Gasteiger partial charge in [-0.05, 0) is 13.3 Å². The fourth-order valence-electron chi connectivity index (χ4n) is 2.73. The Labute approximate surface area is 119 Å². The molecule has 20 heavy (non-hydrogen) atoms. The molecular formula is C14H24N4O2. The van der Waals surface area contributed by atoms with Crippen LogP contribution >= 0.6 is 0 Å². The molecule has 1 aromatic rings. The Bertz CT molecular complexity index is 497. The minimum absolute atomic E-state index is 0.0238. The van der Waals surface area contributed by atoms with Crippen LogP contribution in [-0.4, -0.2) is 34.4 Å². The summed E-state index contributed by atoms with van der Waals surface area (Å²) in [7, 11) is 0. The first-order valence-electron chi connectivity index (χ1n) is 7.11. The molecule has 0 bridgehead atoms. The molecule has 4 N–H and O–H groups in total. The van der Waals surface area contributed by atoms with Gasteiger partial charge in [-0.15, -0.1) is 0 Å². The van der Waals surface area contributed by atoms with Crippen molar-refractivity contribution in [3.8, 4) is 0 Å². The Morgan fingerprint density at radius 3 is 2.85 bits per heavy atom. The molecule has 1 fully saturated rings. The molecule has 6 nitrogen and oxygen atoms in total. The van der Waals surface area contributed by atoms with E-state index in [4.69, 9.17) is 10.5 Å². The molecule has 1 amide bonds. The van der Waals surface area contributed by atoms with Crippen molar-refractivity contribution in [3.63, 3.8) is 0 Å². The number of aryl methyl sites for hydroxylation is 1. The number of H-pyrrole nitrogens is 1. The maximum absolute atomic E-state index is 12.5. The van der Waals surface area contributed by atoms with Crippen molar-refractivity contribution in [1.82, 2.24) is 10.2 Å². The first-order valence-corrected chi connectivity index (χ1v) is 7.11. The first-order chi connectivity index (χ1) is 9.36. The molecule has 1 aliphatic rings. The van der Waals surface area contributed by atoms with Crippen LogP contribution in [0.5, 0.6) is 0 Å². The number of amides is 1. The highest BCUT2D eigenvalue weighted by molar-refractivity contribution is 5.99. The lowest BCUT2D eigenvalue weighted by atomic mass is 9.54. The molecule has 1 saturated carbocycles. The summed E-state index contributed by atoms with van der Waals surface area (Å²) in [6, 6.07) is 0. The number of rotatable bonds is 5. The highest BCUT2D eigenvalue weighted by Gasteiger charge is 2.62. The number of aromatic amines is 1. The van der Waals surface area contributed by atoms with Gasteiger partial charge in [0, 0.05) is 24.0 Å². The summed E-state index contributed by atoms with van der Waals surface area (Å²) >= 11 is 0. The lowest BCUT2D eigenvalue weighted by Crippen LogP contribution is -2.74. The van der Waals surface area contributed by atoms with Gasteiger partial charge in [0.05, 0.1) is 12.3 Å². The van der Waals surface area contributed by atoms with Gasteiger partial charge in [-0.3, -0.25) is 9.89 Å². The lowest BCUT2D eigenvalue weighted by Gasteiger charge is -2.57. The van der Waals surface area contributed by atoms with Gasteiger partial charge in [-0.1, -0.05) is 20.8 Å². The van der Waals surface area contributed by atoms with Crippen LogP contribution in [0, 0.1) is 5.41 Å². The lowest BCUT2D eigenvalue weighted by molar-refractivity contribution is -0.166. The van der Waals surface area contributed by atoms with E-state index in [1.165, 1.54) is 0 Å². The van der Waals surface area contributed by atoms with Crippen molar-refractivity contribution in [1.29, 1.82) is 0 Å². The van der Waals surface area contributed by atoms with Crippen LogP contribution < -0.4 is 11.1 Å². The zero-order valence-corrected chi connectivity index (χ0v) is 12.6. The van der Waals surface area contributed by atoms with E-state index in [-0.39, 0.29) is 17.4 Å². The van der Waals surface area contributed by atoms with E-state index in [9.17, 15) is 4.79 Å². The minimum atomic E-state index is -0.914. The van der Waals surface area contributed by atoms with Gasteiger partial charge in [-0.25, -0.2) is 0 Å². The molecule has 0 radical (unpaired) electrons. The summed E-state index contributed by atoms with van der Waals surface area (Å²) in [5, 5.41) is 9.61. The van der Waals surface area contributed by atoms with E-state index < -0.39 is 5.54 Å². The van der Waals surface area contributed by atoms with E-state index >= 15 is 0 Å². The Morgan fingerprint density at radius 2 is 2.30 bits per heavy atom. The number of anilines is 1. The predicted octanol–water partition coefficient (Wildman–Crippen LogP) is 1.44. The quantitative estimate of drug-likeness (QED) is 0.761. The number of nitrogens with zero attached hydrogens (tertiary/aromatic N) is 1. The van der Waals surface area contributed by atoms with E-state index in [1.807, 2.05) is 27.7 Å². The zero-order chi connectivity index (χ0) is 15.0. The smallest absolute Gasteiger partial charge is 0.246 e. The van der Waals surface area contributed by atoms with E-state index in [0.29, 0.717) is 18.8 Å². The van der Waals surface area contributed by atoms with E-state index in [2.05, 4.69) is 15.5 Å². The van der Waals surface area contributed by atoms with Crippen molar-refractivity contribution in [2.24, 2.45) is 11.1 Å². The van der Waals surface area contributed by atoms with Crippen LogP contribution in [0.4, 0.5) is 5.82 Å². The molecule has 0 spiro atoms. The number of carbonyl (C=O) groups is 1. The summed E-state index contributed by atoms with van der Waals surface area (Å²) in [5.74, 6) is 0.454. The standard InChI is InChI=1S/C14H24N4O2/c1-5-9-8-16-18-11(9)17-12(19)14(15)7-10(20-6-2)13(14,3)4/h8,10H,5-7,15H2,1-4H3,(H2,16,17,18,19). The number of nitrogens with one attached hydrogen (secondary N) is 2. The fourth-order valence-corrected chi connectivity index (χ4v) is 2.73. The van der Waals surface area contributed by atoms with Crippen LogP contribution in [0.3, 0.4) is 0 Å². The molecule has 6 heteroatoms. The number of nitrogens with two attached hydrogens (primary N) is 1. The van der Waals surface area contributed by atoms with Crippen LogP contribution in [0.1, 0.15) is 39.7 Å². The van der Waals surface area contributed by atoms with Gasteiger partial charge in [0.2, 0.25) is 5.91 Å². The number of aromatic nitrogens is 2. The summed E-state index contributed by atoms with van der Waals surface area (Å²) in [5.41, 5.74) is 6.00. The highest BCUT2D eigenvalue weighted by atomic mass is 16.5. The number of carbonyl (C=O) groups excluding carboxylic acids is 1.